The van der Waals surface area contributed by atoms with E-state index in [1.54, 1.807) is 31.4 Å². The Morgan fingerprint density at radius 1 is 0.903 bits per heavy atom. The first-order valence-corrected chi connectivity index (χ1v) is 9.88. The van der Waals surface area contributed by atoms with Crippen molar-refractivity contribution in [1.82, 2.24) is 10.4 Å². The number of hydrogen-bond acceptors (Lipinski definition) is 5. The third-order valence-corrected chi connectivity index (χ3v) is 4.99. The highest BCUT2D eigenvalue weighted by atomic mass is 16.5. The first-order chi connectivity index (χ1) is 15.2. The van der Waals surface area contributed by atoms with Crippen LogP contribution in [-0.4, -0.2) is 30.6 Å². The monoisotopic (exact) mass is 414 g/mol. The van der Waals surface area contributed by atoms with E-state index in [1.807, 2.05) is 66.7 Å². The number of carbonyl (C=O) groups excluding carboxylic acids is 2. The maximum atomic E-state index is 13.0. The number of amides is 1. The fraction of sp³-hybridized carbons (Fsp3) is 0.120. The maximum absolute atomic E-state index is 13.0. The molecule has 6 nitrogen and oxygen atoms in total. The highest BCUT2D eigenvalue weighted by Crippen LogP contribution is 2.32. The van der Waals surface area contributed by atoms with Crippen molar-refractivity contribution in [3.05, 3.63) is 108 Å². The van der Waals surface area contributed by atoms with Gasteiger partial charge in [-0.1, -0.05) is 60.7 Å². The Morgan fingerprint density at radius 3 is 2.19 bits per heavy atom. The fourth-order valence-electron chi connectivity index (χ4n) is 3.37. The zero-order valence-corrected chi connectivity index (χ0v) is 17.0. The molecule has 1 aliphatic heterocycles. The van der Waals surface area contributed by atoms with Crippen molar-refractivity contribution in [2.45, 2.75) is 6.04 Å². The number of hydrazine groups is 1. The van der Waals surface area contributed by atoms with Crippen molar-refractivity contribution in [3.8, 4) is 5.75 Å². The molecule has 1 heterocycles. The second kappa shape index (κ2) is 9.17. The molecule has 4 rings (SSSR count). The van der Waals surface area contributed by atoms with Gasteiger partial charge in [0, 0.05) is 0 Å². The maximum Gasteiger partial charge on any atom is 0.338 e. The van der Waals surface area contributed by atoms with Crippen LogP contribution in [0.15, 0.2) is 91.0 Å². The summed E-state index contributed by atoms with van der Waals surface area (Å²) in [6, 6.07) is 25.5. The van der Waals surface area contributed by atoms with E-state index >= 15 is 0 Å². The summed E-state index contributed by atoms with van der Waals surface area (Å²) in [5.41, 5.74) is 6.24. The largest absolute Gasteiger partial charge is 0.497 e. The lowest BCUT2D eigenvalue weighted by atomic mass is 10.0. The molecule has 0 bridgehead atoms. The van der Waals surface area contributed by atoms with Gasteiger partial charge in [-0.15, -0.1) is 0 Å². The van der Waals surface area contributed by atoms with Crippen LogP contribution in [0.2, 0.25) is 0 Å². The molecule has 0 radical (unpaired) electrons. The van der Waals surface area contributed by atoms with Crippen LogP contribution in [0.1, 0.15) is 27.5 Å². The summed E-state index contributed by atoms with van der Waals surface area (Å²) in [5.74, 6) is -0.158. The van der Waals surface area contributed by atoms with Gasteiger partial charge < -0.3 is 9.47 Å². The number of rotatable bonds is 6. The van der Waals surface area contributed by atoms with E-state index < -0.39 is 5.97 Å². The standard InChI is InChI=1S/C25H22N2O4/c1-30-21-14-12-19(13-15-21)23-16-22(18-8-4-2-5-9-18)26-27(23)24(28)17-31-25(29)20-10-6-3-7-11-20/h2-16,23,26H,17H2,1H3/t23-/m0/s1. The number of nitrogens with zero attached hydrogens (tertiary/aromatic N) is 1. The van der Waals surface area contributed by atoms with Crippen LogP contribution < -0.4 is 10.2 Å². The van der Waals surface area contributed by atoms with Crippen LogP contribution in [0.5, 0.6) is 5.75 Å². The molecule has 0 aliphatic carbocycles. The second-order valence-electron chi connectivity index (χ2n) is 6.98. The van der Waals surface area contributed by atoms with Gasteiger partial charge in [0.15, 0.2) is 6.61 Å². The van der Waals surface area contributed by atoms with Gasteiger partial charge in [-0.3, -0.25) is 10.2 Å². The molecular formula is C25H22N2O4. The summed E-state index contributed by atoms with van der Waals surface area (Å²) >= 11 is 0. The molecule has 1 amide bonds. The second-order valence-corrected chi connectivity index (χ2v) is 6.98. The van der Waals surface area contributed by atoms with E-state index in [9.17, 15) is 9.59 Å². The third-order valence-electron chi connectivity index (χ3n) is 4.99. The molecule has 6 heteroatoms. The number of methoxy groups -OCH3 is 1. The van der Waals surface area contributed by atoms with Crippen LogP contribution in [-0.2, 0) is 9.53 Å². The molecule has 1 aliphatic rings. The highest BCUT2D eigenvalue weighted by molar-refractivity contribution is 5.91. The van der Waals surface area contributed by atoms with Crippen molar-refractivity contribution in [2.24, 2.45) is 0 Å². The number of benzene rings is 3. The zero-order chi connectivity index (χ0) is 21.6. The topological polar surface area (TPSA) is 67.9 Å². The number of carbonyl (C=O) groups is 2. The van der Waals surface area contributed by atoms with Gasteiger partial charge in [-0.2, -0.15) is 0 Å². The Morgan fingerprint density at radius 2 is 1.55 bits per heavy atom. The molecule has 3 aromatic carbocycles. The average molecular weight is 414 g/mol. The number of esters is 1. The zero-order valence-electron chi connectivity index (χ0n) is 17.0. The summed E-state index contributed by atoms with van der Waals surface area (Å²) in [6.07, 6.45) is 1.98. The van der Waals surface area contributed by atoms with Crippen LogP contribution in [0.3, 0.4) is 0 Å². The van der Waals surface area contributed by atoms with Crippen LogP contribution in [0, 0.1) is 0 Å². The van der Waals surface area contributed by atoms with Gasteiger partial charge in [0.2, 0.25) is 0 Å². The Kier molecular flexibility index (Phi) is 5.98. The van der Waals surface area contributed by atoms with Gasteiger partial charge in [0.1, 0.15) is 5.75 Å². The molecule has 1 atom stereocenters. The van der Waals surface area contributed by atoms with Gasteiger partial charge in [-0.25, -0.2) is 9.80 Å². The summed E-state index contributed by atoms with van der Waals surface area (Å²) in [4.78, 5) is 25.2. The number of nitrogens with one attached hydrogen (secondary N) is 1. The molecule has 1 N–H and O–H groups in total. The van der Waals surface area contributed by atoms with Crippen molar-refractivity contribution >= 4 is 17.6 Å². The van der Waals surface area contributed by atoms with E-state index in [-0.39, 0.29) is 18.6 Å². The predicted octanol–water partition coefficient (Wildman–Crippen LogP) is 3.98. The fourth-order valence-corrected chi connectivity index (χ4v) is 3.37. The van der Waals surface area contributed by atoms with Crippen molar-refractivity contribution in [1.29, 1.82) is 0 Å². The Bertz CT molecular complexity index is 1080. The van der Waals surface area contributed by atoms with Crippen molar-refractivity contribution in [3.63, 3.8) is 0 Å². The SMILES string of the molecule is COc1ccc([C@@H]2C=C(c3ccccc3)NN2C(=O)COC(=O)c2ccccc2)cc1. The lowest BCUT2D eigenvalue weighted by Crippen LogP contribution is -2.42. The summed E-state index contributed by atoms with van der Waals surface area (Å²) in [7, 11) is 1.61. The highest BCUT2D eigenvalue weighted by Gasteiger charge is 2.31. The summed E-state index contributed by atoms with van der Waals surface area (Å²) < 4.78 is 10.5. The Balaban J connectivity index is 1.53. The normalized spacial score (nSPS) is 15.1. The Hall–Kier alpha value is -4.06. The van der Waals surface area contributed by atoms with Crippen molar-refractivity contribution in [2.75, 3.05) is 13.7 Å². The molecule has 0 aromatic heterocycles. The molecular weight excluding hydrogens is 392 g/mol. The molecule has 0 spiro atoms. The smallest absolute Gasteiger partial charge is 0.338 e. The first kappa shape index (κ1) is 20.2. The van der Waals surface area contributed by atoms with Crippen molar-refractivity contribution < 1.29 is 19.1 Å². The minimum Gasteiger partial charge on any atom is -0.497 e. The molecule has 31 heavy (non-hydrogen) atoms. The number of hydrogen-bond donors (Lipinski definition) is 1. The van der Waals surface area contributed by atoms with E-state index in [4.69, 9.17) is 9.47 Å². The molecule has 3 aromatic rings. The van der Waals surface area contributed by atoms with Crippen LogP contribution in [0.25, 0.3) is 5.70 Å². The predicted molar refractivity (Wildman–Crippen MR) is 117 cm³/mol. The van der Waals surface area contributed by atoms with E-state index in [1.165, 1.54) is 5.01 Å². The minimum absolute atomic E-state index is 0.354. The molecule has 0 saturated heterocycles. The molecule has 0 saturated carbocycles. The molecule has 0 fully saturated rings. The van der Waals surface area contributed by atoms with Gasteiger partial charge in [0.05, 0.1) is 24.4 Å². The lowest BCUT2D eigenvalue weighted by molar-refractivity contribution is -0.137. The van der Waals surface area contributed by atoms with E-state index in [2.05, 4.69) is 5.43 Å². The summed E-state index contributed by atoms with van der Waals surface area (Å²) in [6.45, 7) is -0.372. The average Bonchev–Trinajstić information content (AvgIpc) is 3.29. The lowest BCUT2D eigenvalue weighted by Gasteiger charge is -2.25. The quantitative estimate of drug-likeness (QED) is 0.618. The Labute approximate surface area is 180 Å². The molecule has 156 valence electrons. The van der Waals surface area contributed by atoms with E-state index in [0.717, 1.165) is 22.6 Å². The minimum atomic E-state index is -0.537. The third kappa shape index (κ3) is 4.59. The number of ether oxygens (including phenoxy) is 2. The van der Waals surface area contributed by atoms with Gasteiger partial charge >= 0.3 is 5.97 Å². The van der Waals surface area contributed by atoms with Crippen LogP contribution in [0.4, 0.5) is 0 Å². The first-order valence-electron chi connectivity index (χ1n) is 9.88. The van der Waals surface area contributed by atoms with E-state index in [0.29, 0.717) is 5.56 Å². The van der Waals surface area contributed by atoms with Gasteiger partial charge in [0.25, 0.3) is 5.91 Å². The molecule has 0 unspecified atom stereocenters. The van der Waals surface area contributed by atoms with Crippen LogP contribution >= 0.6 is 0 Å². The summed E-state index contributed by atoms with van der Waals surface area (Å²) in [5, 5.41) is 1.49. The van der Waals surface area contributed by atoms with Gasteiger partial charge in [-0.05, 0) is 41.5 Å².